The Bertz CT molecular complexity index is 645. The molecule has 0 radical (unpaired) electrons. The molecule has 116 valence electrons. The third-order valence-corrected chi connectivity index (χ3v) is 4.07. The largest absolute Gasteiger partial charge is 0.497 e. The minimum atomic E-state index is -0.303. The second-order valence-electron chi connectivity index (χ2n) is 4.49. The number of methoxy groups -OCH3 is 1. The van der Waals surface area contributed by atoms with Crippen molar-refractivity contribution < 1.29 is 18.8 Å². The standard InChI is InChI=1S/C17H20NO3S/c1-4-18(13-8-10-14(20-3)11-9-13)16(17(19)21-5-2)15-7-6-12-22-15/h6-12H,4-5H2,1-3H3/q+1. The highest BCUT2D eigenvalue weighted by molar-refractivity contribution is 7.12. The average molecular weight is 318 g/mol. The molecule has 0 N–H and O–H groups in total. The van der Waals surface area contributed by atoms with Crippen LogP contribution in [0.1, 0.15) is 18.7 Å². The molecule has 5 heteroatoms. The summed E-state index contributed by atoms with van der Waals surface area (Å²) < 4.78 is 12.4. The number of rotatable bonds is 6. The number of nitrogens with zero attached hydrogens (tertiary/aromatic N) is 1. The molecule has 0 saturated carbocycles. The number of carbonyl (C=O) groups is 1. The van der Waals surface area contributed by atoms with Crippen LogP contribution in [0, 0.1) is 0 Å². The molecule has 0 saturated heterocycles. The van der Waals surface area contributed by atoms with Crippen molar-refractivity contribution in [3.8, 4) is 5.75 Å². The van der Waals surface area contributed by atoms with E-state index >= 15 is 0 Å². The van der Waals surface area contributed by atoms with Crippen LogP contribution in [0.2, 0.25) is 0 Å². The van der Waals surface area contributed by atoms with Crippen LogP contribution in [0.5, 0.6) is 5.75 Å². The first kappa shape index (κ1) is 16.2. The molecule has 22 heavy (non-hydrogen) atoms. The van der Waals surface area contributed by atoms with E-state index in [1.54, 1.807) is 7.11 Å². The maximum absolute atomic E-state index is 12.4. The maximum atomic E-state index is 12.4. The SMILES string of the molecule is CCOC(=O)C(c1cccs1)=[N+](CC)c1ccc(OC)cc1. The number of carbonyl (C=O) groups excluding carboxylic acids is 1. The summed E-state index contributed by atoms with van der Waals surface area (Å²) in [6, 6.07) is 11.5. The van der Waals surface area contributed by atoms with Gasteiger partial charge in [0.2, 0.25) is 5.69 Å². The molecule has 2 rings (SSSR count). The molecule has 2 aromatic rings. The summed E-state index contributed by atoms with van der Waals surface area (Å²) in [6.45, 7) is 4.84. The first-order valence-corrected chi connectivity index (χ1v) is 8.08. The molecule has 0 unspecified atom stereocenters. The van der Waals surface area contributed by atoms with Gasteiger partial charge >= 0.3 is 11.7 Å². The van der Waals surface area contributed by atoms with Gasteiger partial charge in [0, 0.05) is 12.1 Å². The Balaban J connectivity index is 2.54. The number of esters is 1. The van der Waals surface area contributed by atoms with E-state index in [1.807, 2.05) is 60.2 Å². The summed E-state index contributed by atoms with van der Waals surface area (Å²) in [5.74, 6) is 0.483. The van der Waals surface area contributed by atoms with Crippen molar-refractivity contribution in [1.29, 1.82) is 0 Å². The Hall–Kier alpha value is -2.14. The van der Waals surface area contributed by atoms with Gasteiger partial charge in [-0.15, -0.1) is 11.3 Å². The van der Waals surface area contributed by atoms with Crippen LogP contribution in [-0.4, -0.2) is 36.5 Å². The van der Waals surface area contributed by atoms with Crippen LogP contribution >= 0.6 is 11.3 Å². The van der Waals surface area contributed by atoms with Gasteiger partial charge in [-0.25, -0.2) is 4.79 Å². The second-order valence-corrected chi connectivity index (χ2v) is 5.44. The number of thiophene rings is 1. The third-order valence-electron chi connectivity index (χ3n) is 3.19. The van der Waals surface area contributed by atoms with E-state index in [4.69, 9.17) is 9.47 Å². The van der Waals surface area contributed by atoms with Gasteiger partial charge in [-0.3, -0.25) is 0 Å². The summed E-state index contributed by atoms with van der Waals surface area (Å²) in [5.41, 5.74) is 1.50. The van der Waals surface area contributed by atoms with Gasteiger partial charge in [0.25, 0.3) is 0 Å². The Morgan fingerprint density at radius 3 is 2.41 bits per heavy atom. The molecule has 1 heterocycles. The molecule has 0 aliphatic rings. The quantitative estimate of drug-likeness (QED) is 0.465. The molecule has 0 aliphatic heterocycles. The van der Waals surface area contributed by atoms with E-state index in [0.717, 1.165) is 16.3 Å². The zero-order valence-corrected chi connectivity index (χ0v) is 13.9. The average Bonchev–Trinajstić information content (AvgIpc) is 3.06. The van der Waals surface area contributed by atoms with Gasteiger partial charge in [0.1, 0.15) is 17.2 Å². The van der Waals surface area contributed by atoms with Crippen LogP contribution in [0.4, 0.5) is 5.69 Å². The van der Waals surface area contributed by atoms with Crippen molar-refractivity contribution in [3.63, 3.8) is 0 Å². The van der Waals surface area contributed by atoms with E-state index in [1.165, 1.54) is 11.3 Å². The molecule has 0 bridgehead atoms. The van der Waals surface area contributed by atoms with Gasteiger partial charge in [0.15, 0.2) is 0 Å². The van der Waals surface area contributed by atoms with E-state index in [2.05, 4.69) is 0 Å². The Morgan fingerprint density at radius 1 is 1.18 bits per heavy atom. The Labute approximate surface area is 134 Å². The van der Waals surface area contributed by atoms with Crippen molar-refractivity contribution in [2.75, 3.05) is 20.3 Å². The molecule has 0 spiro atoms. The summed E-state index contributed by atoms with van der Waals surface area (Å²) in [5, 5.41) is 1.95. The fourth-order valence-electron chi connectivity index (χ4n) is 2.19. The molecule has 0 atom stereocenters. The van der Waals surface area contributed by atoms with Crippen LogP contribution in [0.25, 0.3) is 0 Å². The zero-order chi connectivity index (χ0) is 15.9. The first-order valence-electron chi connectivity index (χ1n) is 7.20. The van der Waals surface area contributed by atoms with Crippen molar-refractivity contribution >= 4 is 28.7 Å². The summed E-state index contributed by atoms with van der Waals surface area (Å²) >= 11 is 1.53. The highest BCUT2D eigenvalue weighted by atomic mass is 32.1. The van der Waals surface area contributed by atoms with E-state index < -0.39 is 0 Å². The molecular weight excluding hydrogens is 298 g/mol. The predicted molar refractivity (Wildman–Crippen MR) is 88.5 cm³/mol. The van der Waals surface area contributed by atoms with E-state index in [9.17, 15) is 4.79 Å². The summed E-state index contributed by atoms with van der Waals surface area (Å²) in [7, 11) is 1.63. The third kappa shape index (κ3) is 3.54. The number of benzene rings is 1. The maximum Gasteiger partial charge on any atom is 0.405 e. The lowest BCUT2D eigenvalue weighted by molar-refractivity contribution is -0.435. The fourth-order valence-corrected chi connectivity index (χ4v) is 2.95. The van der Waals surface area contributed by atoms with Crippen LogP contribution < -0.4 is 4.74 Å². The number of hydrogen-bond acceptors (Lipinski definition) is 4. The predicted octanol–water partition coefficient (Wildman–Crippen LogP) is 3.47. The van der Waals surface area contributed by atoms with Gasteiger partial charge in [-0.1, -0.05) is 6.07 Å². The lowest BCUT2D eigenvalue weighted by atomic mass is 10.2. The van der Waals surface area contributed by atoms with Crippen LogP contribution in [-0.2, 0) is 9.53 Å². The minimum Gasteiger partial charge on any atom is -0.497 e. The van der Waals surface area contributed by atoms with E-state index in [-0.39, 0.29) is 5.97 Å². The highest BCUT2D eigenvalue weighted by Crippen LogP contribution is 2.21. The molecular formula is C17H20NO3S+. The summed E-state index contributed by atoms with van der Waals surface area (Å²) in [6.07, 6.45) is 0. The van der Waals surface area contributed by atoms with Gasteiger partial charge in [0.05, 0.1) is 13.7 Å². The smallest absolute Gasteiger partial charge is 0.405 e. The molecule has 0 aliphatic carbocycles. The van der Waals surface area contributed by atoms with Gasteiger partial charge < -0.3 is 9.47 Å². The first-order chi connectivity index (χ1) is 10.7. The monoisotopic (exact) mass is 318 g/mol. The Morgan fingerprint density at radius 2 is 1.91 bits per heavy atom. The van der Waals surface area contributed by atoms with Crippen molar-refractivity contribution in [2.45, 2.75) is 13.8 Å². The lowest BCUT2D eigenvalue weighted by Crippen LogP contribution is -2.27. The molecule has 1 aromatic carbocycles. The molecule has 4 nitrogen and oxygen atoms in total. The number of hydrogen-bond donors (Lipinski definition) is 0. The minimum absolute atomic E-state index is 0.303. The van der Waals surface area contributed by atoms with Crippen LogP contribution in [0.3, 0.4) is 0 Å². The molecule has 0 fully saturated rings. The van der Waals surface area contributed by atoms with Gasteiger partial charge in [-0.05, 0) is 37.4 Å². The van der Waals surface area contributed by atoms with Crippen molar-refractivity contribution in [2.24, 2.45) is 0 Å². The second kappa shape index (κ2) is 7.75. The summed E-state index contributed by atoms with van der Waals surface area (Å²) in [4.78, 5) is 13.3. The molecule has 0 amide bonds. The van der Waals surface area contributed by atoms with Crippen molar-refractivity contribution in [1.82, 2.24) is 0 Å². The number of ether oxygens (including phenoxy) is 2. The fraction of sp³-hybridized carbons (Fsp3) is 0.294. The Kier molecular flexibility index (Phi) is 5.72. The normalized spacial score (nSPS) is 11.8. The lowest BCUT2D eigenvalue weighted by Gasteiger charge is -2.07. The van der Waals surface area contributed by atoms with Crippen LogP contribution in [0.15, 0.2) is 41.8 Å². The molecule has 1 aromatic heterocycles. The van der Waals surface area contributed by atoms with Gasteiger partial charge in [-0.2, -0.15) is 4.58 Å². The van der Waals surface area contributed by atoms with E-state index in [0.29, 0.717) is 18.9 Å². The zero-order valence-electron chi connectivity index (χ0n) is 13.0. The van der Waals surface area contributed by atoms with Crippen molar-refractivity contribution in [3.05, 3.63) is 46.7 Å². The topological polar surface area (TPSA) is 38.5 Å². The highest BCUT2D eigenvalue weighted by Gasteiger charge is 2.28.